The van der Waals surface area contributed by atoms with Crippen molar-refractivity contribution >= 4 is 33.1 Å². The number of aromatic nitrogens is 3. The fourth-order valence-electron chi connectivity index (χ4n) is 1.51. The molecule has 0 saturated carbocycles. The van der Waals surface area contributed by atoms with Gasteiger partial charge in [0.1, 0.15) is 17.0 Å². The Hall–Kier alpha value is -1.93. The van der Waals surface area contributed by atoms with Crippen LogP contribution in [0.3, 0.4) is 0 Å². The number of nitrogens with one attached hydrogen (secondary N) is 2. The molecule has 0 spiro atoms. The van der Waals surface area contributed by atoms with E-state index in [1.54, 1.807) is 0 Å². The SMILES string of the molecule is CCCNc1ncc(S(=O)(=O)Nc2cncnc2)cc1Cl. The average molecular weight is 328 g/mol. The molecule has 0 saturated heterocycles. The van der Waals surface area contributed by atoms with E-state index in [0.29, 0.717) is 12.4 Å². The topological polar surface area (TPSA) is 96.9 Å². The lowest BCUT2D eigenvalue weighted by Gasteiger charge is -2.10. The monoisotopic (exact) mass is 327 g/mol. The van der Waals surface area contributed by atoms with Crippen molar-refractivity contribution in [2.75, 3.05) is 16.6 Å². The first kappa shape index (κ1) is 15.5. The Bertz CT molecular complexity index is 709. The number of nitrogens with zero attached hydrogens (tertiary/aromatic N) is 3. The molecule has 2 heterocycles. The summed E-state index contributed by atoms with van der Waals surface area (Å²) in [5.74, 6) is 0.459. The van der Waals surface area contributed by atoms with Crippen molar-refractivity contribution in [1.82, 2.24) is 15.0 Å². The van der Waals surface area contributed by atoms with E-state index in [-0.39, 0.29) is 15.6 Å². The molecule has 9 heteroatoms. The molecule has 0 aliphatic rings. The molecule has 2 aromatic rings. The van der Waals surface area contributed by atoms with Crippen molar-refractivity contribution in [3.63, 3.8) is 0 Å². The molecule has 112 valence electrons. The molecular formula is C12H14ClN5O2S. The normalized spacial score (nSPS) is 11.1. The van der Waals surface area contributed by atoms with E-state index < -0.39 is 10.0 Å². The van der Waals surface area contributed by atoms with Crippen LogP contribution in [0.5, 0.6) is 0 Å². The van der Waals surface area contributed by atoms with E-state index >= 15 is 0 Å². The van der Waals surface area contributed by atoms with E-state index in [1.807, 2.05) is 6.92 Å². The van der Waals surface area contributed by atoms with Crippen molar-refractivity contribution in [3.8, 4) is 0 Å². The lowest BCUT2D eigenvalue weighted by Crippen LogP contribution is -2.14. The van der Waals surface area contributed by atoms with Gasteiger partial charge in [-0.05, 0) is 12.5 Å². The number of halogens is 1. The highest BCUT2D eigenvalue weighted by molar-refractivity contribution is 7.92. The Morgan fingerprint density at radius 1 is 1.24 bits per heavy atom. The molecule has 0 amide bonds. The summed E-state index contributed by atoms with van der Waals surface area (Å²) in [5, 5.41) is 3.26. The lowest BCUT2D eigenvalue weighted by atomic mass is 10.4. The van der Waals surface area contributed by atoms with Crippen LogP contribution in [0.15, 0.2) is 35.9 Å². The minimum Gasteiger partial charge on any atom is -0.369 e. The molecule has 21 heavy (non-hydrogen) atoms. The molecule has 0 aromatic carbocycles. The van der Waals surface area contributed by atoms with E-state index in [0.717, 1.165) is 6.42 Å². The summed E-state index contributed by atoms with van der Waals surface area (Å²) in [7, 11) is -3.78. The second-order valence-corrected chi connectivity index (χ2v) is 6.25. The summed E-state index contributed by atoms with van der Waals surface area (Å²) in [6.07, 6.45) is 6.18. The summed E-state index contributed by atoms with van der Waals surface area (Å²) in [5.41, 5.74) is 0.266. The van der Waals surface area contributed by atoms with Gasteiger partial charge in [0.15, 0.2) is 0 Å². The molecule has 2 aromatic heterocycles. The number of hydrogen-bond acceptors (Lipinski definition) is 6. The van der Waals surface area contributed by atoms with Crippen LogP contribution in [0.1, 0.15) is 13.3 Å². The Labute approximate surface area is 127 Å². The fourth-order valence-corrected chi connectivity index (χ4v) is 2.80. The number of sulfonamides is 1. The van der Waals surface area contributed by atoms with Crippen LogP contribution < -0.4 is 10.0 Å². The zero-order chi connectivity index (χ0) is 15.3. The smallest absolute Gasteiger partial charge is 0.263 e. The second-order valence-electron chi connectivity index (χ2n) is 4.16. The van der Waals surface area contributed by atoms with Crippen LogP contribution >= 0.6 is 11.6 Å². The first-order chi connectivity index (χ1) is 10.0. The highest BCUT2D eigenvalue weighted by Crippen LogP contribution is 2.23. The third kappa shape index (κ3) is 4.02. The molecule has 0 aliphatic carbocycles. The molecule has 0 aliphatic heterocycles. The fraction of sp³-hybridized carbons (Fsp3) is 0.250. The largest absolute Gasteiger partial charge is 0.369 e. The number of pyridine rings is 1. The molecule has 0 atom stereocenters. The highest BCUT2D eigenvalue weighted by atomic mass is 35.5. The molecule has 0 bridgehead atoms. The third-order valence-corrected chi connectivity index (χ3v) is 4.12. The summed E-state index contributed by atoms with van der Waals surface area (Å²) in [4.78, 5) is 11.5. The minimum absolute atomic E-state index is 0.0293. The maximum absolute atomic E-state index is 12.2. The minimum atomic E-state index is -3.78. The van der Waals surface area contributed by atoms with Crippen molar-refractivity contribution < 1.29 is 8.42 Å². The first-order valence-corrected chi connectivity index (χ1v) is 8.06. The third-order valence-electron chi connectivity index (χ3n) is 2.48. The van der Waals surface area contributed by atoms with Crippen LogP contribution in [0, 0.1) is 0 Å². The summed E-state index contributed by atoms with van der Waals surface area (Å²) in [6.45, 7) is 2.71. The Morgan fingerprint density at radius 2 is 1.95 bits per heavy atom. The van der Waals surface area contributed by atoms with Gasteiger partial charge in [-0.1, -0.05) is 18.5 Å². The second kappa shape index (κ2) is 6.68. The van der Waals surface area contributed by atoms with Crippen molar-refractivity contribution in [2.45, 2.75) is 18.2 Å². The van der Waals surface area contributed by atoms with Gasteiger partial charge in [0.2, 0.25) is 0 Å². The van der Waals surface area contributed by atoms with Gasteiger partial charge in [0.05, 0.1) is 23.1 Å². The van der Waals surface area contributed by atoms with E-state index in [1.165, 1.54) is 31.0 Å². The highest BCUT2D eigenvalue weighted by Gasteiger charge is 2.17. The van der Waals surface area contributed by atoms with Crippen LogP contribution in [-0.2, 0) is 10.0 Å². The quantitative estimate of drug-likeness (QED) is 0.843. The van der Waals surface area contributed by atoms with Gasteiger partial charge in [-0.2, -0.15) is 0 Å². The molecule has 0 fully saturated rings. The lowest BCUT2D eigenvalue weighted by molar-refractivity contribution is 0.601. The van der Waals surface area contributed by atoms with Crippen LogP contribution in [0.4, 0.5) is 11.5 Å². The Kier molecular flexibility index (Phi) is 4.92. The van der Waals surface area contributed by atoms with Crippen LogP contribution in [0.2, 0.25) is 5.02 Å². The molecule has 2 N–H and O–H groups in total. The molecule has 0 radical (unpaired) electrons. The van der Waals surface area contributed by atoms with E-state index in [9.17, 15) is 8.42 Å². The summed E-state index contributed by atoms with van der Waals surface area (Å²) in [6, 6.07) is 1.35. The number of anilines is 2. The summed E-state index contributed by atoms with van der Waals surface area (Å²) < 4.78 is 26.7. The van der Waals surface area contributed by atoms with Gasteiger partial charge in [-0.15, -0.1) is 0 Å². The standard InChI is InChI=1S/C12H14ClN5O2S/c1-2-3-16-12-11(13)4-10(7-17-12)21(19,20)18-9-5-14-8-15-6-9/h4-8,18H,2-3H2,1H3,(H,16,17). The van der Waals surface area contributed by atoms with E-state index in [2.05, 4.69) is 25.0 Å². The van der Waals surface area contributed by atoms with Crippen molar-refractivity contribution in [3.05, 3.63) is 36.0 Å². The van der Waals surface area contributed by atoms with Gasteiger partial charge in [0, 0.05) is 12.7 Å². The Balaban J connectivity index is 2.22. The maximum atomic E-state index is 12.2. The van der Waals surface area contributed by atoms with Crippen LogP contribution in [0.25, 0.3) is 0 Å². The summed E-state index contributed by atoms with van der Waals surface area (Å²) >= 11 is 6.03. The predicted molar refractivity (Wildman–Crippen MR) is 80.9 cm³/mol. The zero-order valence-corrected chi connectivity index (χ0v) is 12.8. The van der Waals surface area contributed by atoms with Gasteiger partial charge in [0.25, 0.3) is 10.0 Å². The zero-order valence-electron chi connectivity index (χ0n) is 11.2. The van der Waals surface area contributed by atoms with Crippen LogP contribution in [-0.4, -0.2) is 29.9 Å². The van der Waals surface area contributed by atoms with Crippen molar-refractivity contribution in [1.29, 1.82) is 0 Å². The molecular weight excluding hydrogens is 314 g/mol. The van der Waals surface area contributed by atoms with Gasteiger partial charge in [-0.3, -0.25) is 4.72 Å². The number of rotatable bonds is 6. The predicted octanol–water partition coefficient (Wildman–Crippen LogP) is 2.15. The number of hydrogen-bond donors (Lipinski definition) is 2. The molecule has 2 rings (SSSR count). The molecule has 7 nitrogen and oxygen atoms in total. The Morgan fingerprint density at radius 3 is 2.57 bits per heavy atom. The maximum Gasteiger partial charge on any atom is 0.263 e. The van der Waals surface area contributed by atoms with Gasteiger partial charge >= 0.3 is 0 Å². The van der Waals surface area contributed by atoms with Gasteiger partial charge in [-0.25, -0.2) is 23.4 Å². The first-order valence-electron chi connectivity index (χ1n) is 6.20. The van der Waals surface area contributed by atoms with Gasteiger partial charge < -0.3 is 5.32 Å². The molecule has 0 unspecified atom stereocenters. The van der Waals surface area contributed by atoms with E-state index in [4.69, 9.17) is 11.6 Å². The van der Waals surface area contributed by atoms with Crippen molar-refractivity contribution in [2.24, 2.45) is 0 Å². The average Bonchev–Trinajstić information content (AvgIpc) is 2.46.